The maximum atomic E-state index is 12.8. The number of carboxylic acids is 1. The first-order chi connectivity index (χ1) is 17.4. The van der Waals surface area contributed by atoms with Gasteiger partial charge in [0, 0.05) is 22.9 Å². The van der Waals surface area contributed by atoms with E-state index in [9.17, 15) is 28.8 Å². The average Bonchev–Trinajstić information content (AvgIpc) is 3.23. The number of carbonyl (C=O) groups excluding carboxylic acids is 5. The summed E-state index contributed by atoms with van der Waals surface area (Å²) in [5.74, 6) is -6.35. The number of hydrogen-bond acceptors (Lipinski definition) is 8. The first kappa shape index (κ1) is 29.1. The molecule has 4 atom stereocenters. The maximum absolute atomic E-state index is 12.8. The molecule has 1 heterocycles. The highest BCUT2D eigenvalue weighted by Gasteiger charge is 2.31. The third-order valence-electron chi connectivity index (χ3n) is 5.33. The van der Waals surface area contributed by atoms with E-state index in [0.717, 1.165) is 16.5 Å². The number of aromatic nitrogens is 1. The smallest absolute Gasteiger partial charge is 0.326 e. The van der Waals surface area contributed by atoms with Gasteiger partial charge < -0.3 is 43.2 Å². The van der Waals surface area contributed by atoms with Crippen LogP contribution in [0.5, 0.6) is 0 Å². The van der Waals surface area contributed by atoms with Gasteiger partial charge in [0.25, 0.3) is 0 Å². The van der Waals surface area contributed by atoms with Gasteiger partial charge >= 0.3 is 5.97 Å². The third kappa shape index (κ3) is 8.50. The standard InChI is InChI=1S/C22H29N7O7S/c23-12(5-10-8-26-13-4-2-1-3-11(10)13)19(32)27-14(6-17(24)30)20(33)29-16(9-37)21(34)28-15(22(35)36)7-18(25)31/h1-4,8,12,14-16,26,37H,5-7,9,23H2,(H2,24,30)(H2,25,31)(H,27,32)(H,28,34)(H,29,33)(H,35,36). The summed E-state index contributed by atoms with van der Waals surface area (Å²) in [6.07, 6.45) is 0.559. The van der Waals surface area contributed by atoms with Crippen molar-refractivity contribution in [3.05, 3.63) is 36.0 Å². The monoisotopic (exact) mass is 535 g/mol. The molecule has 0 aliphatic heterocycles. The Hall–Kier alpha value is -4.11. The van der Waals surface area contributed by atoms with E-state index in [-0.39, 0.29) is 12.2 Å². The molecule has 0 spiro atoms. The van der Waals surface area contributed by atoms with Crippen LogP contribution in [0.4, 0.5) is 0 Å². The zero-order valence-corrected chi connectivity index (χ0v) is 20.5. The van der Waals surface area contributed by atoms with Crippen LogP contribution in [0.25, 0.3) is 10.9 Å². The highest BCUT2D eigenvalue weighted by Crippen LogP contribution is 2.18. The van der Waals surface area contributed by atoms with E-state index in [1.165, 1.54) is 0 Å². The Balaban J connectivity index is 2.07. The fourth-order valence-corrected chi connectivity index (χ4v) is 3.72. The predicted octanol–water partition coefficient (Wildman–Crippen LogP) is -2.74. The lowest BCUT2D eigenvalue weighted by Crippen LogP contribution is -2.58. The molecule has 15 heteroatoms. The molecular weight excluding hydrogens is 506 g/mol. The van der Waals surface area contributed by atoms with Crippen LogP contribution in [-0.2, 0) is 35.2 Å². The number of H-pyrrole nitrogens is 1. The van der Waals surface area contributed by atoms with Crippen molar-refractivity contribution in [3.63, 3.8) is 0 Å². The molecular formula is C22H29N7O7S. The number of benzene rings is 1. The van der Waals surface area contributed by atoms with E-state index in [1.54, 1.807) is 6.20 Å². The number of nitrogens with two attached hydrogens (primary N) is 3. The minimum atomic E-state index is -1.63. The molecule has 1 aromatic carbocycles. The number of para-hydroxylation sites is 1. The van der Waals surface area contributed by atoms with Crippen molar-refractivity contribution in [1.82, 2.24) is 20.9 Å². The third-order valence-corrected chi connectivity index (χ3v) is 5.69. The van der Waals surface area contributed by atoms with Gasteiger partial charge in [0.05, 0.1) is 18.9 Å². The largest absolute Gasteiger partial charge is 0.480 e. The molecule has 5 amide bonds. The number of primary amides is 2. The summed E-state index contributed by atoms with van der Waals surface area (Å²) in [6, 6.07) is 1.82. The number of hydrogen-bond donors (Lipinski definition) is 9. The number of thiol groups is 1. The summed E-state index contributed by atoms with van der Waals surface area (Å²) < 4.78 is 0. The summed E-state index contributed by atoms with van der Waals surface area (Å²) in [6.45, 7) is 0. The van der Waals surface area contributed by atoms with Gasteiger partial charge in [0.1, 0.15) is 18.1 Å². The zero-order chi connectivity index (χ0) is 27.7. The number of aliphatic carboxylic acids is 1. The number of carbonyl (C=O) groups is 6. The predicted molar refractivity (Wildman–Crippen MR) is 135 cm³/mol. The second-order valence-corrected chi connectivity index (χ2v) is 8.58. The number of amides is 5. The van der Waals surface area contributed by atoms with Crippen LogP contribution >= 0.6 is 12.6 Å². The van der Waals surface area contributed by atoms with Crippen LogP contribution in [0.2, 0.25) is 0 Å². The van der Waals surface area contributed by atoms with Crippen LogP contribution in [-0.4, -0.2) is 75.5 Å². The van der Waals surface area contributed by atoms with Gasteiger partial charge in [0.2, 0.25) is 29.5 Å². The molecule has 200 valence electrons. The molecule has 0 radical (unpaired) electrons. The summed E-state index contributed by atoms with van der Waals surface area (Å²) >= 11 is 3.98. The molecule has 0 saturated carbocycles. The van der Waals surface area contributed by atoms with Crippen LogP contribution < -0.4 is 33.2 Å². The molecule has 37 heavy (non-hydrogen) atoms. The Morgan fingerprint density at radius 2 is 1.41 bits per heavy atom. The molecule has 2 rings (SSSR count). The van der Waals surface area contributed by atoms with Crippen LogP contribution in [0.15, 0.2) is 30.5 Å². The van der Waals surface area contributed by atoms with E-state index in [2.05, 4.69) is 33.6 Å². The summed E-state index contributed by atoms with van der Waals surface area (Å²) in [5, 5.41) is 16.7. The Morgan fingerprint density at radius 3 is 2.00 bits per heavy atom. The molecule has 14 nitrogen and oxygen atoms in total. The van der Waals surface area contributed by atoms with Gasteiger partial charge in [-0.1, -0.05) is 18.2 Å². The van der Waals surface area contributed by atoms with Crippen LogP contribution in [0, 0.1) is 0 Å². The fourth-order valence-electron chi connectivity index (χ4n) is 3.46. The van der Waals surface area contributed by atoms with Crippen molar-refractivity contribution < 1.29 is 33.9 Å². The molecule has 0 saturated heterocycles. The van der Waals surface area contributed by atoms with Gasteiger partial charge in [0.15, 0.2) is 0 Å². The van der Waals surface area contributed by atoms with Crippen molar-refractivity contribution in [2.75, 3.05) is 5.75 Å². The second kappa shape index (κ2) is 13.3. The van der Waals surface area contributed by atoms with E-state index >= 15 is 0 Å². The Morgan fingerprint density at radius 1 is 0.865 bits per heavy atom. The maximum Gasteiger partial charge on any atom is 0.326 e. The molecule has 11 N–H and O–H groups in total. The summed E-state index contributed by atoms with van der Waals surface area (Å²) in [4.78, 5) is 74.9. The van der Waals surface area contributed by atoms with Gasteiger partial charge in [-0.25, -0.2) is 4.79 Å². The van der Waals surface area contributed by atoms with E-state index in [4.69, 9.17) is 22.3 Å². The van der Waals surface area contributed by atoms with Crippen LogP contribution in [0.3, 0.4) is 0 Å². The van der Waals surface area contributed by atoms with Crippen molar-refractivity contribution in [1.29, 1.82) is 0 Å². The number of fused-ring (bicyclic) bond motifs is 1. The van der Waals surface area contributed by atoms with Crippen molar-refractivity contribution in [3.8, 4) is 0 Å². The van der Waals surface area contributed by atoms with Crippen molar-refractivity contribution in [2.24, 2.45) is 17.2 Å². The zero-order valence-electron chi connectivity index (χ0n) is 19.6. The SMILES string of the molecule is NC(=O)CC(NC(=O)C(CS)NC(=O)C(CC(N)=O)NC(=O)C(N)Cc1c[nH]c2ccccc12)C(=O)O. The Labute approximate surface area is 216 Å². The van der Waals surface area contributed by atoms with Crippen molar-refractivity contribution >= 4 is 59.0 Å². The van der Waals surface area contributed by atoms with Gasteiger partial charge in [-0.05, 0) is 18.1 Å². The first-order valence-corrected chi connectivity index (χ1v) is 11.7. The molecule has 0 aliphatic rings. The van der Waals surface area contributed by atoms with E-state index < -0.39 is 72.5 Å². The average molecular weight is 536 g/mol. The minimum Gasteiger partial charge on any atom is -0.480 e. The Kier molecular flexibility index (Phi) is 10.4. The van der Waals surface area contributed by atoms with Crippen molar-refractivity contribution in [2.45, 2.75) is 43.4 Å². The summed E-state index contributed by atoms with van der Waals surface area (Å²) in [7, 11) is 0. The number of rotatable bonds is 14. The lowest BCUT2D eigenvalue weighted by atomic mass is 10.0. The first-order valence-electron chi connectivity index (χ1n) is 11.0. The normalized spacial score (nSPS) is 14.1. The lowest BCUT2D eigenvalue weighted by molar-refractivity contribution is -0.143. The summed E-state index contributed by atoms with van der Waals surface area (Å²) in [5.41, 5.74) is 17.9. The quantitative estimate of drug-likeness (QED) is 0.114. The van der Waals surface area contributed by atoms with E-state index in [1.807, 2.05) is 24.3 Å². The van der Waals surface area contributed by atoms with Crippen LogP contribution in [0.1, 0.15) is 18.4 Å². The molecule has 2 aromatic rings. The molecule has 4 unspecified atom stereocenters. The Bertz CT molecular complexity index is 1190. The second-order valence-electron chi connectivity index (χ2n) is 8.22. The lowest BCUT2D eigenvalue weighted by Gasteiger charge is -2.23. The minimum absolute atomic E-state index is 0.124. The highest BCUT2D eigenvalue weighted by molar-refractivity contribution is 7.80. The molecule has 1 aromatic heterocycles. The fraction of sp³-hybridized carbons (Fsp3) is 0.364. The number of aromatic amines is 1. The van der Waals surface area contributed by atoms with Gasteiger partial charge in [-0.3, -0.25) is 24.0 Å². The topological polar surface area (TPSA) is 253 Å². The van der Waals surface area contributed by atoms with E-state index in [0.29, 0.717) is 0 Å². The highest BCUT2D eigenvalue weighted by atomic mass is 32.1. The van der Waals surface area contributed by atoms with Gasteiger partial charge in [-0.15, -0.1) is 0 Å². The number of nitrogens with one attached hydrogen (secondary N) is 4. The number of carboxylic acid groups (broad SMARTS) is 1. The molecule has 0 bridgehead atoms. The molecule has 0 fully saturated rings. The van der Waals surface area contributed by atoms with Gasteiger partial charge in [-0.2, -0.15) is 12.6 Å². The molecule has 0 aliphatic carbocycles.